The van der Waals surface area contributed by atoms with Crippen LogP contribution in [-0.4, -0.2) is 47.9 Å². The molecule has 0 fully saturated rings. The number of aromatic nitrogens is 1. The van der Waals surface area contributed by atoms with Crippen LogP contribution in [0.5, 0.6) is 11.5 Å². The molecule has 0 aliphatic carbocycles. The van der Waals surface area contributed by atoms with Crippen LogP contribution in [0.4, 0.5) is 10.1 Å². The van der Waals surface area contributed by atoms with Crippen molar-refractivity contribution in [3.05, 3.63) is 88.3 Å². The van der Waals surface area contributed by atoms with E-state index in [1.54, 1.807) is 43.3 Å². The molecule has 5 rings (SSSR count). The van der Waals surface area contributed by atoms with Crippen molar-refractivity contribution in [2.75, 3.05) is 25.1 Å². The quantitative estimate of drug-likeness (QED) is 0.368. The minimum absolute atomic E-state index is 0.190. The molecule has 0 saturated heterocycles. The number of hydrogen-bond donors (Lipinski definition) is 1. The largest absolute Gasteiger partial charge is 0.490 e. The number of carbonyl (C=O) groups excluding carboxylic acids is 1. The number of carbonyl (C=O) groups is 2. The SMILES string of the molecule is Cc1c(CC(=O)O)c2ccccc2n1C(=O)c1ccc(OC[C@@H]2CN(C)c3cc(F)ccc3O2)cc1Cl. The van der Waals surface area contributed by atoms with Gasteiger partial charge in [-0.3, -0.25) is 14.2 Å². The van der Waals surface area contributed by atoms with Crippen LogP contribution in [0.2, 0.25) is 5.02 Å². The maximum atomic E-state index is 13.6. The molecule has 190 valence electrons. The van der Waals surface area contributed by atoms with E-state index in [4.69, 9.17) is 21.1 Å². The molecular weight excluding hydrogens is 499 g/mol. The Kier molecular flexibility index (Phi) is 6.52. The summed E-state index contributed by atoms with van der Waals surface area (Å²) in [6, 6.07) is 16.4. The van der Waals surface area contributed by atoms with Gasteiger partial charge in [0.25, 0.3) is 5.91 Å². The van der Waals surface area contributed by atoms with Gasteiger partial charge in [0.15, 0.2) is 0 Å². The smallest absolute Gasteiger partial charge is 0.307 e. The third-order valence-electron chi connectivity index (χ3n) is 6.48. The number of halogens is 2. The lowest BCUT2D eigenvalue weighted by Gasteiger charge is -2.33. The van der Waals surface area contributed by atoms with Gasteiger partial charge in [0.05, 0.1) is 34.8 Å². The molecular formula is C28H24ClFN2O5. The van der Waals surface area contributed by atoms with E-state index in [9.17, 15) is 19.1 Å². The fourth-order valence-corrected chi connectivity index (χ4v) is 4.99. The lowest BCUT2D eigenvalue weighted by Crippen LogP contribution is -2.41. The Balaban J connectivity index is 1.35. The summed E-state index contributed by atoms with van der Waals surface area (Å²) in [6.07, 6.45) is -0.477. The van der Waals surface area contributed by atoms with Crippen LogP contribution in [-0.2, 0) is 11.2 Å². The van der Waals surface area contributed by atoms with Gasteiger partial charge in [0.2, 0.25) is 0 Å². The lowest BCUT2D eigenvalue weighted by atomic mass is 10.1. The number of aliphatic carboxylic acids is 1. The summed E-state index contributed by atoms with van der Waals surface area (Å²) in [5, 5.41) is 10.3. The van der Waals surface area contributed by atoms with Gasteiger partial charge in [-0.25, -0.2) is 4.39 Å². The summed E-state index contributed by atoms with van der Waals surface area (Å²) in [5.74, 6) is -0.600. The maximum absolute atomic E-state index is 13.6. The first-order chi connectivity index (χ1) is 17.7. The highest BCUT2D eigenvalue weighted by Crippen LogP contribution is 2.34. The van der Waals surface area contributed by atoms with Gasteiger partial charge in [0, 0.05) is 24.2 Å². The number of likely N-dealkylation sites (N-methyl/N-ethyl adjacent to an activating group) is 1. The van der Waals surface area contributed by atoms with E-state index in [1.807, 2.05) is 24.1 Å². The third kappa shape index (κ3) is 4.72. The van der Waals surface area contributed by atoms with E-state index in [0.29, 0.717) is 45.9 Å². The number of carboxylic acid groups (broad SMARTS) is 1. The fourth-order valence-electron chi connectivity index (χ4n) is 4.73. The zero-order chi connectivity index (χ0) is 26.3. The van der Waals surface area contributed by atoms with Gasteiger partial charge >= 0.3 is 5.97 Å². The molecule has 1 N–H and O–H groups in total. The topological polar surface area (TPSA) is 81.0 Å². The molecule has 1 aliphatic rings. The summed E-state index contributed by atoms with van der Waals surface area (Å²) in [6.45, 7) is 2.47. The molecule has 0 radical (unpaired) electrons. The Morgan fingerprint density at radius 3 is 2.70 bits per heavy atom. The molecule has 0 spiro atoms. The standard InChI is InChI=1S/C28H24ClFN2O5/c1-16-22(13-27(33)34)20-5-3-4-6-24(20)32(16)28(35)21-9-8-18(12-23(21)29)36-15-19-14-31(2)25-11-17(30)7-10-26(25)37-19/h3-12,19H,13-15H2,1-2H3,(H,33,34)/t19-/m0/s1. The summed E-state index contributed by atoms with van der Waals surface area (Å²) in [7, 11) is 1.86. The van der Waals surface area contributed by atoms with Crippen LogP contribution >= 0.6 is 11.6 Å². The van der Waals surface area contributed by atoms with E-state index >= 15 is 0 Å². The average molecular weight is 523 g/mol. The number of carboxylic acids is 1. The fraction of sp³-hybridized carbons (Fsp3) is 0.214. The van der Waals surface area contributed by atoms with Crippen molar-refractivity contribution in [1.29, 1.82) is 0 Å². The van der Waals surface area contributed by atoms with Gasteiger partial charge in [-0.05, 0) is 48.9 Å². The predicted molar refractivity (Wildman–Crippen MR) is 139 cm³/mol. The molecule has 0 bridgehead atoms. The zero-order valence-corrected chi connectivity index (χ0v) is 21.0. The highest BCUT2D eigenvalue weighted by atomic mass is 35.5. The third-order valence-corrected chi connectivity index (χ3v) is 6.80. The molecule has 1 aliphatic heterocycles. The van der Waals surface area contributed by atoms with Crippen molar-refractivity contribution >= 4 is 40.1 Å². The van der Waals surface area contributed by atoms with E-state index < -0.39 is 5.97 Å². The Bertz CT molecular complexity index is 1530. The van der Waals surface area contributed by atoms with Crippen molar-refractivity contribution in [3.8, 4) is 11.5 Å². The van der Waals surface area contributed by atoms with Gasteiger partial charge < -0.3 is 19.5 Å². The number of anilines is 1. The predicted octanol–water partition coefficient (Wildman–Crippen LogP) is 5.33. The highest BCUT2D eigenvalue weighted by molar-refractivity contribution is 6.34. The van der Waals surface area contributed by atoms with Gasteiger partial charge in [-0.2, -0.15) is 0 Å². The molecule has 0 unspecified atom stereocenters. The molecule has 0 amide bonds. The minimum Gasteiger partial charge on any atom is -0.490 e. The van der Waals surface area contributed by atoms with Crippen LogP contribution in [0.25, 0.3) is 10.9 Å². The average Bonchev–Trinajstić information content (AvgIpc) is 3.13. The van der Waals surface area contributed by atoms with E-state index in [2.05, 4.69) is 0 Å². The van der Waals surface area contributed by atoms with E-state index in [0.717, 1.165) is 0 Å². The monoisotopic (exact) mass is 522 g/mol. The molecule has 1 atom stereocenters. The first-order valence-electron chi connectivity index (χ1n) is 11.7. The molecule has 1 aromatic heterocycles. The summed E-state index contributed by atoms with van der Waals surface area (Å²) < 4.78 is 26.9. The number of para-hydroxylation sites is 1. The van der Waals surface area contributed by atoms with Crippen molar-refractivity contribution in [2.24, 2.45) is 0 Å². The number of rotatable bonds is 6. The van der Waals surface area contributed by atoms with Crippen molar-refractivity contribution in [3.63, 3.8) is 0 Å². The van der Waals surface area contributed by atoms with Crippen LogP contribution in [0.15, 0.2) is 60.7 Å². The second kappa shape index (κ2) is 9.78. The summed E-state index contributed by atoms with van der Waals surface area (Å²) in [4.78, 5) is 26.9. The number of ether oxygens (including phenoxy) is 2. The molecule has 2 heterocycles. The molecule has 3 aromatic carbocycles. The number of fused-ring (bicyclic) bond motifs is 2. The van der Waals surface area contributed by atoms with Gasteiger partial charge in [0.1, 0.15) is 30.0 Å². The molecule has 7 nitrogen and oxygen atoms in total. The summed E-state index contributed by atoms with van der Waals surface area (Å²) in [5.41, 5.74) is 2.72. The first-order valence-corrected chi connectivity index (χ1v) is 12.1. The highest BCUT2D eigenvalue weighted by Gasteiger charge is 2.25. The van der Waals surface area contributed by atoms with Crippen molar-refractivity contribution in [1.82, 2.24) is 4.57 Å². The second-order valence-corrected chi connectivity index (χ2v) is 9.38. The molecule has 37 heavy (non-hydrogen) atoms. The van der Waals surface area contributed by atoms with Crippen LogP contribution < -0.4 is 14.4 Å². The molecule has 4 aromatic rings. The first kappa shape index (κ1) is 24.6. The van der Waals surface area contributed by atoms with E-state index in [1.165, 1.54) is 16.7 Å². The Hall–Kier alpha value is -4.04. The van der Waals surface area contributed by atoms with Crippen LogP contribution in [0, 0.1) is 12.7 Å². The Morgan fingerprint density at radius 2 is 1.95 bits per heavy atom. The lowest BCUT2D eigenvalue weighted by molar-refractivity contribution is -0.136. The summed E-state index contributed by atoms with van der Waals surface area (Å²) >= 11 is 6.51. The second-order valence-electron chi connectivity index (χ2n) is 8.98. The van der Waals surface area contributed by atoms with Gasteiger partial charge in [-0.15, -0.1) is 0 Å². The molecule has 9 heteroatoms. The van der Waals surface area contributed by atoms with Crippen molar-refractivity contribution in [2.45, 2.75) is 19.4 Å². The van der Waals surface area contributed by atoms with Crippen LogP contribution in [0.3, 0.4) is 0 Å². The van der Waals surface area contributed by atoms with Crippen molar-refractivity contribution < 1.29 is 28.6 Å². The molecule has 0 saturated carbocycles. The zero-order valence-electron chi connectivity index (χ0n) is 20.2. The Labute approximate surface area is 217 Å². The normalized spacial score (nSPS) is 14.8. The maximum Gasteiger partial charge on any atom is 0.307 e. The van der Waals surface area contributed by atoms with Crippen LogP contribution in [0.1, 0.15) is 21.6 Å². The number of nitrogens with zero attached hydrogens (tertiary/aromatic N) is 2. The number of benzene rings is 3. The minimum atomic E-state index is -0.971. The van der Waals surface area contributed by atoms with E-state index in [-0.39, 0.29) is 41.4 Å². The van der Waals surface area contributed by atoms with Gasteiger partial charge in [-0.1, -0.05) is 29.8 Å². The number of hydrogen-bond acceptors (Lipinski definition) is 5. The Morgan fingerprint density at radius 1 is 1.16 bits per heavy atom.